The normalized spacial score (nSPS) is 48.7. The van der Waals surface area contributed by atoms with E-state index in [0.29, 0.717) is 32.5 Å². The zero-order chi connectivity index (χ0) is 42.6. The molecule has 1 heterocycles. The molecule has 0 aromatic rings. The molecule has 12 nitrogen and oxygen atoms in total. The summed E-state index contributed by atoms with van der Waals surface area (Å²) in [6, 6.07) is -0.635. The van der Waals surface area contributed by atoms with E-state index in [-0.39, 0.29) is 70.9 Å². The number of esters is 1. The molecule has 0 spiro atoms. The molecule has 1 saturated heterocycles. The Morgan fingerprint density at radius 1 is 0.982 bits per heavy atom. The van der Waals surface area contributed by atoms with Crippen molar-refractivity contribution in [3.05, 3.63) is 23.8 Å². The third-order valence-corrected chi connectivity index (χ3v) is 15.8. The molecular formula is C45H74N2O10. The highest BCUT2D eigenvalue weighted by Gasteiger charge is 2.64. The number of ether oxygens (including phenoxy) is 1. The fourth-order valence-corrected chi connectivity index (χ4v) is 12.7. The molecule has 0 bridgehead atoms. The van der Waals surface area contributed by atoms with Gasteiger partial charge in [0.1, 0.15) is 17.8 Å². The van der Waals surface area contributed by atoms with Crippen molar-refractivity contribution in [2.45, 2.75) is 162 Å². The van der Waals surface area contributed by atoms with Crippen molar-refractivity contribution in [1.82, 2.24) is 10.2 Å². The maximum atomic E-state index is 14.2. The van der Waals surface area contributed by atoms with Gasteiger partial charge in [-0.1, -0.05) is 53.2 Å². The van der Waals surface area contributed by atoms with Crippen molar-refractivity contribution in [3.63, 3.8) is 0 Å². The zero-order valence-corrected chi connectivity index (χ0v) is 36.1. The zero-order valence-electron chi connectivity index (χ0n) is 36.1. The number of hydrogen-bond acceptors (Lipinski definition) is 11. The molecule has 4 fully saturated rings. The molecule has 324 valence electrons. The van der Waals surface area contributed by atoms with E-state index in [1.807, 2.05) is 17.9 Å². The minimum absolute atomic E-state index is 0.00196. The number of nitrogens with one attached hydrogen (secondary N) is 1. The van der Waals surface area contributed by atoms with Gasteiger partial charge in [-0.15, -0.1) is 0 Å². The molecular weight excluding hydrogens is 728 g/mol. The Balaban J connectivity index is 1.30. The number of aliphatic hydroxyl groups is 6. The maximum Gasteiger partial charge on any atom is 0.311 e. The van der Waals surface area contributed by atoms with Gasteiger partial charge in [0.05, 0.1) is 29.8 Å². The first-order valence-corrected chi connectivity index (χ1v) is 21.8. The highest BCUT2D eigenvalue weighted by atomic mass is 16.6. The van der Waals surface area contributed by atoms with Crippen LogP contribution in [-0.2, 0) is 19.1 Å². The van der Waals surface area contributed by atoms with Crippen molar-refractivity contribution in [2.75, 3.05) is 19.6 Å². The van der Waals surface area contributed by atoms with Gasteiger partial charge in [0.2, 0.25) is 5.91 Å². The number of rotatable bonds is 6. The Morgan fingerprint density at radius 2 is 1.65 bits per heavy atom. The Kier molecular flexibility index (Phi) is 13.7. The van der Waals surface area contributed by atoms with Gasteiger partial charge < -0.3 is 40.7 Å². The quantitative estimate of drug-likeness (QED) is 0.153. The number of hydrogen-bond donors (Lipinski definition) is 7. The summed E-state index contributed by atoms with van der Waals surface area (Å²) in [5.74, 6) is -2.56. The van der Waals surface area contributed by atoms with Crippen molar-refractivity contribution in [2.24, 2.45) is 58.2 Å². The number of ketones is 1. The van der Waals surface area contributed by atoms with Gasteiger partial charge in [0, 0.05) is 48.8 Å². The highest BCUT2D eigenvalue weighted by Crippen LogP contribution is 2.67. The third kappa shape index (κ3) is 8.57. The van der Waals surface area contributed by atoms with Gasteiger partial charge in [-0.2, -0.15) is 0 Å². The maximum absolute atomic E-state index is 14.2. The van der Waals surface area contributed by atoms with Crippen LogP contribution in [0, 0.1) is 58.2 Å². The van der Waals surface area contributed by atoms with Crippen LogP contribution < -0.4 is 5.32 Å². The third-order valence-electron chi connectivity index (χ3n) is 15.8. The van der Waals surface area contributed by atoms with Crippen LogP contribution in [0.4, 0.5) is 0 Å². The molecule has 5 aliphatic rings. The highest BCUT2D eigenvalue weighted by molar-refractivity contribution is 6.01. The number of amides is 1. The van der Waals surface area contributed by atoms with E-state index < -0.39 is 65.6 Å². The minimum atomic E-state index is -1.85. The molecule has 0 aromatic carbocycles. The van der Waals surface area contributed by atoms with Crippen LogP contribution in [-0.4, -0.2) is 121 Å². The summed E-state index contributed by atoms with van der Waals surface area (Å²) in [6.07, 6.45) is 3.71. The second-order valence-electron chi connectivity index (χ2n) is 20.1. The van der Waals surface area contributed by atoms with E-state index in [0.717, 1.165) is 24.8 Å². The Bertz CT molecular complexity index is 1540. The average Bonchev–Trinajstić information content (AvgIpc) is 3.41. The first-order valence-electron chi connectivity index (χ1n) is 21.8. The van der Waals surface area contributed by atoms with Crippen molar-refractivity contribution < 1.29 is 49.8 Å². The molecule has 12 heteroatoms. The van der Waals surface area contributed by atoms with Crippen LogP contribution in [0.1, 0.15) is 114 Å². The number of aliphatic hydroxyl groups excluding tert-OH is 4. The predicted octanol–water partition coefficient (Wildman–Crippen LogP) is 3.54. The summed E-state index contributed by atoms with van der Waals surface area (Å²) in [4.78, 5) is 41.7. The molecule has 3 saturated carbocycles. The standard InChI is InChI=1S/C45H74N2O10/c1-11-34-45(10,56)39(52)28(6)47(23-24(2)21-44(9,55)38(51)26(4)37(50)27(5)41(54)57-34)18-12-17-46-40(53)35-25(3)19-32-31-14-13-29-20-30(48)15-16-42(29,7)36(31)33(49)22-43(32,35)8/h15-16,20,24-28,31-39,49-52,55-56H,11-14,17-19,21-23H2,1-10H3,(H,46,53)/t24-,25-,26+,27-,28-,31?,32?,33+,34-,35-,36?,37+,38-,39-,42+,43+,44-,45-/m1/s1. The van der Waals surface area contributed by atoms with E-state index in [9.17, 15) is 45.0 Å². The van der Waals surface area contributed by atoms with Crippen LogP contribution >= 0.6 is 0 Å². The summed E-state index contributed by atoms with van der Waals surface area (Å²) in [5.41, 5.74) is -3.10. The molecule has 3 unspecified atom stereocenters. The summed E-state index contributed by atoms with van der Waals surface area (Å²) >= 11 is 0. The second-order valence-corrected chi connectivity index (χ2v) is 20.1. The fraction of sp³-hybridized carbons (Fsp3) is 0.844. The SMILES string of the molecule is CC[C@H]1OC(=O)[C@H](C)[C@@H](O)[C@H](C)[C@@H](O)[C@](C)(O)C[C@@H](C)CN(CCCNC(=O)[C@H]2[C@H](C)CC3C4CCC5=CC(=O)C=C[C@]5(C)C4[C@@H](O)C[C@@]32C)[C@H](C)[C@@H](O)[C@]1(C)O. The molecule has 1 amide bonds. The number of carbonyl (C=O) groups excluding carboxylic acids is 3. The van der Waals surface area contributed by atoms with E-state index in [1.165, 1.54) is 20.8 Å². The monoisotopic (exact) mass is 803 g/mol. The van der Waals surface area contributed by atoms with Crippen LogP contribution in [0.2, 0.25) is 0 Å². The predicted molar refractivity (Wildman–Crippen MR) is 216 cm³/mol. The first kappa shape index (κ1) is 45.9. The summed E-state index contributed by atoms with van der Waals surface area (Å²) in [6.45, 7) is 19.2. The Morgan fingerprint density at radius 3 is 2.30 bits per heavy atom. The molecule has 57 heavy (non-hydrogen) atoms. The summed E-state index contributed by atoms with van der Waals surface area (Å²) < 4.78 is 5.73. The van der Waals surface area contributed by atoms with E-state index >= 15 is 0 Å². The molecule has 5 rings (SSSR count). The summed E-state index contributed by atoms with van der Waals surface area (Å²) in [7, 11) is 0. The summed E-state index contributed by atoms with van der Waals surface area (Å²) in [5, 5.41) is 72.3. The van der Waals surface area contributed by atoms with Crippen molar-refractivity contribution >= 4 is 17.7 Å². The first-order chi connectivity index (χ1) is 26.4. The number of allylic oxidation sites excluding steroid dienone is 4. The van der Waals surface area contributed by atoms with Crippen LogP contribution in [0.5, 0.6) is 0 Å². The molecule has 18 atom stereocenters. The largest absolute Gasteiger partial charge is 0.459 e. The van der Waals surface area contributed by atoms with Gasteiger partial charge in [-0.05, 0) is 114 Å². The topological polar surface area (TPSA) is 197 Å². The minimum Gasteiger partial charge on any atom is -0.459 e. The van der Waals surface area contributed by atoms with E-state index in [4.69, 9.17) is 4.74 Å². The van der Waals surface area contributed by atoms with Gasteiger partial charge in [-0.3, -0.25) is 19.3 Å². The number of cyclic esters (lactones) is 1. The molecule has 1 aliphatic heterocycles. The lowest BCUT2D eigenvalue weighted by atomic mass is 9.47. The number of fused-ring (bicyclic) bond motifs is 5. The van der Waals surface area contributed by atoms with Gasteiger partial charge in [-0.25, -0.2) is 0 Å². The average molecular weight is 803 g/mol. The van der Waals surface area contributed by atoms with Gasteiger partial charge in [0.15, 0.2) is 5.78 Å². The van der Waals surface area contributed by atoms with E-state index in [2.05, 4.69) is 26.1 Å². The van der Waals surface area contributed by atoms with Gasteiger partial charge >= 0.3 is 5.97 Å². The lowest BCUT2D eigenvalue weighted by Gasteiger charge is -2.58. The van der Waals surface area contributed by atoms with E-state index in [1.54, 1.807) is 32.9 Å². The number of carbonyl (C=O) groups is 3. The molecule has 0 aromatic heterocycles. The number of nitrogens with zero attached hydrogens (tertiary/aromatic N) is 1. The van der Waals surface area contributed by atoms with Gasteiger partial charge in [0.25, 0.3) is 0 Å². The van der Waals surface area contributed by atoms with Crippen LogP contribution in [0.15, 0.2) is 23.8 Å². The molecule has 0 radical (unpaired) electrons. The molecule has 4 aliphatic carbocycles. The molecule has 7 N–H and O–H groups in total. The van der Waals surface area contributed by atoms with Crippen molar-refractivity contribution in [3.8, 4) is 0 Å². The van der Waals surface area contributed by atoms with Crippen molar-refractivity contribution in [1.29, 1.82) is 0 Å². The second kappa shape index (κ2) is 17.1. The lowest BCUT2D eigenvalue weighted by Crippen LogP contribution is -2.59. The Labute approximate surface area is 340 Å². The fourth-order valence-electron chi connectivity index (χ4n) is 12.7. The van der Waals surface area contributed by atoms with Crippen LogP contribution in [0.3, 0.4) is 0 Å². The Hall–Kier alpha value is -2.19. The lowest BCUT2D eigenvalue weighted by molar-refractivity contribution is -0.193. The van der Waals surface area contributed by atoms with Crippen LogP contribution in [0.25, 0.3) is 0 Å². The smallest absolute Gasteiger partial charge is 0.311 e.